The van der Waals surface area contributed by atoms with Crippen molar-refractivity contribution in [2.45, 2.75) is 6.54 Å². The van der Waals surface area contributed by atoms with Crippen molar-refractivity contribution in [1.29, 1.82) is 0 Å². The van der Waals surface area contributed by atoms with Crippen LogP contribution in [-0.4, -0.2) is 33.0 Å². The fourth-order valence-electron chi connectivity index (χ4n) is 2.81. The summed E-state index contributed by atoms with van der Waals surface area (Å²) in [5.74, 6) is 1.28. The summed E-state index contributed by atoms with van der Waals surface area (Å²) in [6.45, 7) is 0.0727. The summed E-state index contributed by atoms with van der Waals surface area (Å²) in [4.78, 5) is 24.3. The number of rotatable bonds is 7. The molecule has 0 radical (unpaired) electrons. The Bertz CT molecular complexity index is 1160. The van der Waals surface area contributed by atoms with Gasteiger partial charge in [0.15, 0.2) is 11.5 Å². The highest BCUT2D eigenvalue weighted by Gasteiger charge is 2.10. The van der Waals surface area contributed by atoms with E-state index in [0.717, 1.165) is 0 Å². The van der Waals surface area contributed by atoms with Crippen molar-refractivity contribution >= 4 is 17.5 Å². The van der Waals surface area contributed by atoms with Crippen LogP contribution in [0.3, 0.4) is 0 Å². The van der Waals surface area contributed by atoms with E-state index in [0.29, 0.717) is 28.5 Å². The number of amides is 2. The number of carbonyl (C=O) groups is 2. The maximum absolute atomic E-state index is 12.3. The van der Waals surface area contributed by atoms with E-state index in [1.165, 1.54) is 0 Å². The van der Waals surface area contributed by atoms with Gasteiger partial charge in [0.05, 0.1) is 13.1 Å². The van der Waals surface area contributed by atoms with Gasteiger partial charge >= 0.3 is 0 Å². The largest absolute Gasteiger partial charge is 0.457 e. The number of ether oxygens (including phenoxy) is 1. The second-order valence-corrected chi connectivity index (χ2v) is 6.44. The minimum Gasteiger partial charge on any atom is -0.457 e. The summed E-state index contributed by atoms with van der Waals surface area (Å²) >= 11 is 0. The molecular weight excluding hydrogens is 382 g/mol. The Hall–Kier alpha value is -4.20. The predicted molar refractivity (Wildman–Crippen MR) is 110 cm³/mol. The van der Waals surface area contributed by atoms with Gasteiger partial charge in [0.25, 0.3) is 5.91 Å². The van der Waals surface area contributed by atoms with Gasteiger partial charge in [-0.2, -0.15) is 0 Å². The zero-order chi connectivity index (χ0) is 20.8. The molecule has 4 rings (SSSR count). The van der Waals surface area contributed by atoms with Gasteiger partial charge in [-0.05, 0) is 48.5 Å². The molecule has 0 aliphatic carbocycles. The van der Waals surface area contributed by atoms with Crippen LogP contribution in [0.2, 0.25) is 0 Å². The monoisotopic (exact) mass is 401 g/mol. The van der Waals surface area contributed by atoms with E-state index in [9.17, 15) is 9.59 Å². The van der Waals surface area contributed by atoms with Crippen LogP contribution in [0.25, 0.3) is 5.65 Å². The summed E-state index contributed by atoms with van der Waals surface area (Å²) in [5, 5.41) is 13.4. The lowest BCUT2D eigenvalue weighted by Gasteiger charge is -2.08. The predicted octanol–water partition coefficient (Wildman–Crippen LogP) is 2.57. The normalized spacial score (nSPS) is 10.5. The molecule has 2 aromatic carbocycles. The van der Waals surface area contributed by atoms with Crippen molar-refractivity contribution in [3.63, 3.8) is 0 Å². The van der Waals surface area contributed by atoms with Crippen molar-refractivity contribution in [2.75, 3.05) is 6.54 Å². The van der Waals surface area contributed by atoms with Gasteiger partial charge in [0, 0.05) is 11.8 Å². The number of nitrogens with one attached hydrogen (secondary N) is 2. The zero-order valence-electron chi connectivity index (χ0n) is 16.0. The Labute approximate surface area is 172 Å². The second kappa shape index (κ2) is 8.87. The van der Waals surface area contributed by atoms with Crippen LogP contribution in [0.4, 0.5) is 0 Å². The summed E-state index contributed by atoms with van der Waals surface area (Å²) in [5.41, 5.74) is 1.14. The van der Waals surface area contributed by atoms with E-state index in [4.69, 9.17) is 4.74 Å². The second-order valence-electron chi connectivity index (χ2n) is 6.44. The molecule has 4 aromatic rings. The zero-order valence-corrected chi connectivity index (χ0v) is 16.0. The molecule has 2 amide bonds. The van der Waals surface area contributed by atoms with Crippen LogP contribution in [0.5, 0.6) is 11.5 Å². The van der Waals surface area contributed by atoms with E-state index in [2.05, 4.69) is 20.8 Å². The van der Waals surface area contributed by atoms with Gasteiger partial charge in [-0.3, -0.25) is 14.0 Å². The molecule has 0 spiro atoms. The summed E-state index contributed by atoms with van der Waals surface area (Å²) in [7, 11) is 0. The molecule has 0 bridgehead atoms. The highest BCUT2D eigenvalue weighted by Crippen LogP contribution is 2.21. The summed E-state index contributed by atoms with van der Waals surface area (Å²) in [6.07, 6.45) is 1.82. The maximum Gasteiger partial charge on any atom is 0.251 e. The summed E-state index contributed by atoms with van der Waals surface area (Å²) in [6, 6.07) is 21.6. The van der Waals surface area contributed by atoms with Gasteiger partial charge in [-0.25, -0.2) is 0 Å². The fourth-order valence-corrected chi connectivity index (χ4v) is 2.81. The smallest absolute Gasteiger partial charge is 0.251 e. The van der Waals surface area contributed by atoms with Crippen molar-refractivity contribution in [3.05, 3.63) is 90.4 Å². The third kappa shape index (κ3) is 4.61. The molecule has 8 heteroatoms. The van der Waals surface area contributed by atoms with Crippen molar-refractivity contribution < 1.29 is 14.3 Å². The highest BCUT2D eigenvalue weighted by molar-refractivity contribution is 5.96. The molecule has 2 heterocycles. The van der Waals surface area contributed by atoms with Gasteiger partial charge in [0.2, 0.25) is 5.91 Å². The lowest BCUT2D eigenvalue weighted by molar-refractivity contribution is -0.120. The molecule has 8 nitrogen and oxygen atoms in total. The summed E-state index contributed by atoms with van der Waals surface area (Å²) < 4.78 is 7.49. The number of nitrogens with zero attached hydrogens (tertiary/aromatic N) is 3. The molecule has 0 aliphatic heterocycles. The molecule has 2 aromatic heterocycles. The first kappa shape index (κ1) is 19.1. The SMILES string of the molecule is O=C(CNC(=O)c1ccc(Oc2ccccc2)cc1)NCc1nnc2ccccn12. The number of hydrogen-bond donors (Lipinski definition) is 2. The molecule has 2 N–H and O–H groups in total. The van der Waals surface area contributed by atoms with Gasteiger partial charge < -0.3 is 15.4 Å². The average molecular weight is 401 g/mol. The molecule has 0 fully saturated rings. The maximum atomic E-state index is 12.3. The molecule has 0 aliphatic rings. The third-order valence-corrected chi connectivity index (χ3v) is 4.33. The molecule has 0 saturated carbocycles. The van der Waals surface area contributed by atoms with Crippen LogP contribution < -0.4 is 15.4 Å². The lowest BCUT2D eigenvalue weighted by atomic mass is 10.2. The van der Waals surface area contributed by atoms with Crippen LogP contribution in [0.15, 0.2) is 79.0 Å². The highest BCUT2D eigenvalue weighted by atomic mass is 16.5. The topological polar surface area (TPSA) is 97.6 Å². The molecular formula is C22H19N5O3. The van der Waals surface area contributed by atoms with E-state index in [-0.39, 0.29) is 24.9 Å². The quantitative estimate of drug-likeness (QED) is 0.496. The van der Waals surface area contributed by atoms with Gasteiger partial charge in [-0.1, -0.05) is 24.3 Å². The van der Waals surface area contributed by atoms with Crippen LogP contribution >= 0.6 is 0 Å². The first-order valence-electron chi connectivity index (χ1n) is 9.35. The number of pyridine rings is 1. The van der Waals surface area contributed by atoms with Gasteiger partial charge in [-0.15, -0.1) is 10.2 Å². The Morgan fingerprint density at radius 2 is 1.57 bits per heavy atom. The van der Waals surface area contributed by atoms with Crippen LogP contribution in [0.1, 0.15) is 16.2 Å². The Kier molecular flexibility index (Phi) is 5.66. The molecule has 0 unspecified atom stereocenters. The Morgan fingerprint density at radius 3 is 2.37 bits per heavy atom. The standard InChI is InChI=1S/C22H19N5O3/c28-21(23-14-20-26-25-19-8-4-5-13-27(19)20)15-24-22(29)16-9-11-18(12-10-16)30-17-6-2-1-3-7-17/h1-13H,14-15H2,(H,23,28)(H,24,29). The first-order chi connectivity index (χ1) is 14.7. The van der Waals surface area contributed by atoms with Crippen molar-refractivity contribution in [3.8, 4) is 11.5 Å². The molecule has 0 atom stereocenters. The van der Waals surface area contributed by atoms with Crippen LogP contribution in [0, 0.1) is 0 Å². The Balaban J connectivity index is 1.26. The minimum atomic E-state index is -0.343. The number of benzene rings is 2. The van der Waals surface area contributed by atoms with E-state index >= 15 is 0 Å². The van der Waals surface area contributed by atoms with E-state index in [1.54, 1.807) is 28.7 Å². The molecule has 150 valence electrons. The molecule has 0 saturated heterocycles. The van der Waals surface area contributed by atoms with Crippen molar-refractivity contribution in [2.24, 2.45) is 0 Å². The van der Waals surface area contributed by atoms with E-state index < -0.39 is 0 Å². The first-order valence-corrected chi connectivity index (χ1v) is 9.35. The molecule has 30 heavy (non-hydrogen) atoms. The number of fused-ring (bicyclic) bond motifs is 1. The fraction of sp³-hybridized carbons (Fsp3) is 0.0909. The third-order valence-electron chi connectivity index (χ3n) is 4.33. The minimum absolute atomic E-state index is 0.141. The number of para-hydroxylation sites is 1. The number of hydrogen-bond acceptors (Lipinski definition) is 5. The van der Waals surface area contributed by atoms with Crippen molar-refractivity contribution in [1.82, 2.24) is 25.2 Å². The number of carbonyl (C=O) groups excluding carboxylic acids is 2. The average Bonchev–Trinajstić information content (AvgIpc) is 3.20. The Morgan fingerprint density at radius 1 is 0.833 bits per heavy atom. The lowest BCUT2D eigenvalue weighted by Crippen LogP contribution is -2.36. The number of aromatic nitrogens is 3. The van der Waals surface area contributed by atoms with E-state index in [1.807, 2.05) is 54.7 Å². The van der Waals surface area contributed by atoms with Crippen LogP contribution in [-0.2, 0) is 11.3 Å². The van der Waals surface area contributed by atoms with Gasteiger partial charge in [0.1, 0.15) is 11.5 Å².